The highest BCUT2D eigenvalue weighted by Crippen LogP contribution is 2.26. The van der Waals surface area contributed by atoms with E-state index in [1.807, 2.05) is 35.0 Å². The van der Waals surface area contributed by atoms with Gasteiger partial charge in [0.05, 0.1) is 5.56 Å². The number of hydrogen-bond acceptors (Lipinski definition) is 3. The molecule has 122 valence electrons. The Morgan fingerprint density at radius 1 is 1.04 bits per heavy atom. The van der Waals surface area contributed by atoms with Crippen molar-refractivity contribution in [3.63, 3.8) is 0 Å². The van der Waals surface area contributed by atoms with Crippen molar-refractivity contribution in [3.8, 4) is 16.9 Å². The van der Waals surface area contributed by atoms with Crippen LogP contribution in [-0.2, 0) is 0 Å². The van der Waals surface area contributed by atoms with Crippen molar-refractivity contribution in [2.24, 2.45) is 0 Å². The molecule has 1 heterocycles. The van der Waals surface area contributed by atoms with Crippen LogP contribution in [-0.4, -0.2) is 12.5 Å². The third-order valence-electron chi connectivity index (χ3n) is 3.32. The minimum atomic E-state index is -2.99. The third-order valence-corrected chi connectivity index (χ3v) is 4.01. The first-order valence-electron chi connectivity index (χ1n) is 7.11. The van der Waals surface area contributed by atoms with Crippen LogP contribution >= 0.6 is 11.3 Å². The Labute approximate surface area is 141 Å². The van der Waals surface area contributed by atoms with E-state index in [0.717, 1.165) is 11.1 Å². The van der Waals surface area contributed by atoms with Crippen LogP contribution in [0.25, 0.3) is 11.1 Å². The van der Waals surface area contributed by atoms with Gasteiger partial charge in [-0.1, -0.05) is 24.3 Å². The predicted octanol–water partition coefficient (Wildman–Crippen LogP) is 5.27. The first-order chi connectivity index (χ1) is 11.6. The molecular weight excluding hydrogens is 332 g/mol. The lowest BCUT2D eigenvalue weighted by molar-refractivity contribution is -0.0501. The van der Waals surface area contributed by atoms with Crippen molar-refractivity contribution in [1.82, 2.24) is 0 Å². The first-order valence-corrected chi connectivity index (χ1v) is 8.05. The standard InChI is InChI=1S/C18H13F2NO2S/c19-18(20)23-16-7-2-1-6-15(16)17(22)21-14-5-3-4-12(10-14)13-8-9-24-11-13/h1-11,18H,(H,21,22). The fraction of sp³-hybridized carbons (Fsp3) is 0.0556. The molecule has 24 heavy (non-hydrogen) atoms. The van der Waals surface area contributed by atoms with Crippen molar-refractivity contribution in [2.75, 3.05) is 5.32 Å². The lowest BCUT2D eigenvalue weighted by Crippen LogP contribution is -2.15. The van der Waals surface area contributed by atoms with Crippen molar-refractivity contribution < 1.29 is 18.3 Å². The number of alkyl halides is 2. The van der Waals surface area contributed by atoms with Gasteiger partial charge >= 0.3 is 6.61 Å². The molecule has 3 nitrogen and oxygen atoms in total. The summed E-state index contributed by atoms with van der Waals surface area (Å²) in [7, 11) is 0. The summed E-state index contributed by atoms with van der Waals surface area (Å²) in [5.41, 5.74) is 2.65. The van der Waals surface area contributed by atoms with Crippen LogP contribution in [0.15, 0.2) is 65.4 Å². The number of halogens is 2. The molecule has 1 N–H and O–H groups in total. The summed E-state index contributed by atoms with van der Waals surface area (Å²) >= 11 is 1.58. The van der Waals surface area contributed by atoms with Crippen LogP contribution in [0.5, 0.6) is 5.75 Å². The van der Waals surface area contributed by atoms with Gasteiger partial charge in [-0.25, -0.2) is 0 Å². The molecule has 0 atom stereocenters. The van der Waals surface area contributed by atoms with Crippen molar-refractivity contribution in [1.29, 1.82) is 0 Å². The number of anilines is 1. The predicted molar refractivity (Wildman–Crippen MR) is 90.8 cm³/mol. The van der Waals surface area contributed by atoms with Gasteiger partial charge in [-0.2, -0.15) is 20.1 Å². The zero-order chi connectivity index (χ0) is 16.9. The molecule has 0 radical (unpaired) electrons. The molecule has 0 saturated heterocycles. The number of hydrogen-bond donors (Lipinski definition) is 1. The maximum atomic E-state index is 12.4. The molecule has 2 aromatic carbocycles. The Hall–Kier alpha value is -2.73. The van der Waals surface area contributed by atoms with Gasteiger partial charge in [-0.15, -0.1) is 0 Å². The van der Waals surface area contributed by atoms with E-state index in [-0.39, 0.29) is 11.3 Å². The molecule has 3 rings (SSSR count). The van der Waals surface area contributed by atoms with E-state index in [1.54, 1.807) is 23.5 Å². The molecule has 0 aliphatic heterocycles. The highest BCUT2D eigenvalue weighted by Gasteiger charge is 2.15. The fourth-order valence-corrected chi connectivity index (χ4v) is 2.92. The van der Waals surface area contributed by atoms with Crippen LogP contribution in [0.4, 0.5) is 14.5 Å². The van der Waals surface area contributed by atoms with Crippen molar-refractivity contribution in [3.05, 3.63) is 70.9 Å². The molecule has 0 unspecified atom stereocenters. The van der Waals surface area contributed by atoms with Gasteiger partial charge < -0.3 is 10.1 Å². The Balaban J connectivity index is 1.82. The second-order valence-corrected chi connectivity index (χ2v) is 5.70. The summed E-state index contributed by atoms with van der Waals surface area (Å²) in [5, 5.41) is 6.69. The molecule has 3 aromatic rings. The third kappa shape index (κ3) is 3.78. The number of rotatable bonds is 5. The molecule has 0 aliphatic rings. The Morgan fingerprint density at radius 3 is 2.62 bits per heavy atom. The Morgan fingerprint density at radius 2 is 1.88 bits per heavy atom. The molecule has 6 heteroatoms. The molecule has 0 fully saturated rings. The van der Waals surface area contributed by atoms with Gasteiger partial charge in [0.25, 0.3) is 5.91 Å². The van der Waals surface area contributed by atoms with E-state index >= 15 is 0 Å². The molecule has 0 spiro atoms. The number of ether oxygens (including phenoxy) is 1. The van der Waals surface area contributed by atoms with Crippen LogP contribution in [0.1, 0.15) is 10.4 Å². The van der Waals surface area contributed by atoms with Crippen LogP contribution in [0, 0.1) is 0 Å². The second-order valence-electron chi connectivity index (χ2n) is 4.92. The van der Waals surface area contributed by atoms with Crippen molar-refractivity contribution >= 4 is 22.9 Å². The number of carbonyl (C=O) groups excluding carboxylic acids is 1. The van der Waals surface area contributed by atoms with E-state index in [1.165, 1.54) is 18.2 Å². The van der Waals surface area contributed by atoms with Crippen molar-refractivity contribution in [2.45, 2.75) is 6.61 Å². The SMILES string of the molecule is O=C(Nc1cccc(-c2ccsc2)c1)c1ccccc1OC(F)F. The van der Waals surface area contributed by atoms with E-state index in [9.17, 15) is 13.6 Å². The van der Waals surface area contributed by atoms with Gasteiger partial charge in [0, 0.05) is 5.69 Å². The molecule has 0 aliphatic carbocycles. The Bertz CT molecular complexity index is 835. The zero-order valence-electron chi connectivity index (χ0n) is 12.4. The monoisotopic (exact) mass is 345 g/mol. The first kappa shape index (κ1) is 16.1. The van der Waals surface area contributed by atoms with Gasteiger partial charge in [-0.05, 0) is 52.2 Å². The topological polar surface area (TPSA) is 38.3 Å². The number of thiophene rings is 1. The van der Waals surface area contributed by atoms with E-state index in [2.05, 4.69) is 10.1 Å². The van der Waals surface area contributed by atoms with Gasteiger partial charge in [0.15, 0.2) is 0 Å². The summed E-state index contributed by atoms with van der Waals surface area (Å²) in [6.07, 6.45) is 0. The molecule has 0 saturated carbocycles. The van der Waals surface area contributed by atoms with Gasteiger partial charge in [0.2, 0.25) is 0 Å². The lowest BCUT2D eigenvalue weighted by atomic mass is 10.1. The van der Waals surface area contributed by atoms with Gasteiger partial charge in [-0.3, -0.25) is 4.79 Å². The Kier molecular flexibility index (Phi) is 4.86. The molecular formula is C18H13F2NO2S. The quantitative estimate of drug-likeness (QED) is 0.684. The number of carbonyl (C=O) groups is 1. The highest BCUT2D eigenvalue weighted by atomic mass is 32.1. The lowest BCUT2D eigenvalue weighted by Gasteiger charge is -2.11. The maximum absolute atomic E-state index is 12.4. The minimum absolute atomic E-state index is 0.0544. The van der Waals surface area contributed by atoms with E-state index < -0.39 is 12.5 Å². The zero-order valence-corrected chi connectivity index (χ0v) is 13.2. The van der Waals surface area contributed by atoms with E-state index in [4.69, 9.17) is 0 Å². The number of benzene rings is 2. The van der Waals surface area contributed by atoms with Gasteiger partial charge in [0.1, 0.15) is 5.75 Å². The summed E-state index contributed by atoms with van der Waals surface area (Å²) < 4.78 is 29.3. The van der Waals surface area contributed by atoms with Crippen LogP contribution in [0.3, 0.4) is 0 Å². The second kappa shape index (κ2) is 7.23. The highest BCUT2D eigenvalue weighted by molar-refractivity contribution is 7.08. The molecule has 0 bridgehead atoms. The summed E-state index contributed by atoms with van der Waals surface area (Å²) in [4.78, 5) is 12.4. The van der Waals surface area contributed by atoms with E-state index in [0.29, 0.717) is 5.69 Å². The average Bonchev–Trinajstić information content (AvgIpc) is 3.09. The largest absolute Gasteiger partial charge is 0.434 e. The molecule has 1 amide bonds. The maximum Gasteiger partial charge on any atom is 0.387 e. The number of para-hydroxylation sites is 1. The smallest absolute Gasteiger partial charge is 0.387 e. The minimum Gasteiger partial charge on any atom is -0.434 e. The summed E-state index contributed by atoms with van der Waals surface area (Å²) in [6.45, 7) is -2.99. The average molecular weight is 345 g/mol. The number of nitrogens with one attached hydrogen (secondary N) is 1. The van der Waals surface area contributed by atoms with Crippen LogP contribution < -0.4 is 10.1 Å². The normalized spacial score (nSPS) is 10.6. The van der Waals surface area contributed by atoms with Crippen LogP contribution in [0.2, 0.25) is 0 Å². The summed E-state index contributed by atoms with van der Waals surface area (Å²) in [5.74, 6) is -0.660. The number of amides is 1. The fourth-order valence-electron chi connectivity index (χ4n) is 2.26. The molecule has 1 aromatic heterocycles. The summed E-state index contributed by atoms with van der Waals surface area (Å²) in [6, 6.07) is 15.2.